The third-order valence-corrected chi connectivity index (χ3v) is 2.94. The molecular formula is C12H9BrO3. The standard InChI is InChI=1S/C12H9BrO3/c13-6-9-2-1-8(12(14)15)5-11(9)10-3-4-16-7-10/h1-5,7H,6H2,(H,14,15). The highest BCUT2D eigenvalue weighted by molar-refractivity contribution is 9.08. The smallest absolute Gasteiger partial charge is 0.335 e. The molecule has 0 saturated carbocycles. The molecule has 3 nitrogen and oxygen atoms in total. The second-order valence-electron chi connectivity index (χ2n) is 3.32. The van der Waals surface area contributed by atoms with Gasteiger partial charge in [-0.1, -0.05) is 22.0 Å². The molecule has 0 fully saturated rings. The number of furan rings is 1. The summed E-state index contributed by atoms with van der Waals surface area (Å²) in [7, 11) is 0. The van der Waals surface area contributed by atoms with Crippen LogP contribution in [0.1, 0.15) is 15.9 Å². The van der Waals surface area contributed by atoms with E-state index in [-0.39, 0.29) is 5.56 Å². The molecule has 1 aromatic heterocycles. The van der Waals surface area contributed by atoms with E-state index in [9.17, 15) is 4.79 Å². The maximum atomic E-state index is 10.9. The molecule has 4 heteroatoms. The highest BCUT2D eigenvalue weighted by Gasteiger charge is 2.10. The molecule has 0 radical (unpaired) electrons. The number of carbonyl (C=O) groups is 1. The fourth-order valence-electron chi connectivity index (χ4n) is 1.51. The SMILES string of the molecule is O=C(O)c1ccc(CBr)c(-c2ccoc2)c1. The lowest BCUT2D eigenvalue weighted by atomic mass is 10.0. The van der Waals surface area contributed by atoms with Crippen LogP contribution in [0.15, 0.2) is 41.2 Å². The van der Waals surface area contributed by atoms with E-state index in [1.165, 1.54) is 0 Å². The summed E-state index contributed by atoms with van der Waals surface area (Å²) < 4.78 is 5.01. The van der Waals surface area contributed by atoms with Crippen LogP contribution >= 0.6 is 15.9 Å². The summed E-state index contributed by atoms with van der Waals surface area (Å²) in [6.07, 6.45) is 3.17. The first kappa shape index (κ1) is 11.0. The fourth-order valence-corrected chi connectivity index (χ4v) is 2.00. The molecule has 1 N–H and O–H groups in total. The number of hydrogen-bond acceptors (Lipinski definition) is 2. The van der Waals surface area contributed by atoms with Crippen molar-refractivity contribution in [2.75, 3.05) is 0 Å². The minimum absolute atomic E-state index is 0.279. The van der Waals surface area contributed by atoms with Gasteiger partial charge in [-0.2, -0.15) is 0 Å². The number of carboxylic acid groups (broad SMARTS) is 1. The lowest BCUT2D eigenvalue weighted by Crippen LogP contribution is -1.97. The molecule has 0 aliphatic carbocycles. The summed E-state index contributed by atoms with van der Waals surface area (Å²) in [5, 5.41) is 9.61. The Morgan fingerprint density at radius 3 is 2.75 bits per heavy atom. The zero-order valence-corrected chi connectivity index (χ0v) is 9.90. The molecule has 0 unspecified atom stereocenters. The van der Waals surface area contributed by atoms with Gasteiger partial charge in [-0.15, -0.1) is 0 Å². The quantitative estimate of drug-likeness (QED) is 0.875. The van der Waals surface area contributed by atoms with Gasteiger partial charge in [-0.25, -0.2) is 4.79 Å². The number of aromatic carboxylic acids is 1. The van der Waals surface area contributed by atoms with Gasteiger partial charge in [0, 0.05) is 10.9 Å². The lowest BCUT2D eigenvalue weighted by Gasteiger charge is -2.06. The Balaban J connectivity index is 2.56. The van der Waals surface area contributed by atoms with E-state index in [0.29, 0.717) is 5.33 Å². The highest BCUT2D eigenvalue weighted by Crippen LogP contribution is 2.27. The van der Waals surface area contributed by atoms with Gasteiger partial charge in [-0.3, -0.25) is 0 Å². The van der Waals surface area contributed by atoms with Crippen LogP contribution in [0, 0.1) is 0 Å². The van der Waals surface area contributed by atoms with Crippen molar-refractivity contribution in [1.82, 2.24) is 0 Å². The van der Waals surface area contributed by atoms with Gasteiger partial charge < -0.3 is 9.52 Å². The summed E-state index contributed by atoms with van der Waals surface area (Å²) in [6, 6.07) is 6.87. The third-order valence-electron chi connectivity index (χ3n) is 2.33. The first-order valence-electron chi connectivity index (χ1n) is 4.67. The molecule has 0 spiro atoms. The number of benzene rings is 1. The second-order valence-corrected chi connectivity index (χ2v) is 3.88. The van der Waals surface area contributed by atoms with Crippen molar-refractivity contribution in [2.45, 2.75) is 5.33 Å². The molecule has 2 aromatic rings. The maximum Gasteiger partial charge on any atom is 0.335 e. The Hall–Kier alpha value is -1.55. The Labute approximate surface area is 101 Å². The van der Waals surface area contributed by atoms with Gasteiger partial charge >= 0.3 is 5.97 Å². The van der Waals surface area contributed by atoms with Crippen LogP contribution in [-0.4, -0.2) is 11.1 Å². The first-order chi connectivity index (χ1) is 7.72. The van der Waals surface area contributed by atoms with Crippen LogP contribution in [0.2, 0.25) is 0 Å². The van der Waals surface area contributed by atoms with E-state index in [1.807, 2.05) is 6.07 Å². The number of rotatable bonds is 3. The highest BCUT2D eigenvalue weighted by atomic mass is 79.9. The van der Waals surface area contributed by atoms with Crippen LogP contribution in [0.5, 0.6) is 0 Å². The first-order valence-corrected chi connectivity index (χ1v) is 5.79. The van der Waals surface area contributed by atoms with Gasteiger partial charge in [0.05, 0.1) is 18.1 Å². The molecule has 16 heavy (non-hydrogen) atoms. The average molecular weight is 281 g/mol. The summed E-state index contributed by atoms with van der Waals surface area (Å²) >= 11 is 3.38. The Morgan fingerprint density at radius 1 is 1.38 bits per heavy atom. The molecule has 0 saturated heterocycles. The van der Waals surface area contributed by atoms with Crippen LogP contribution < -0.4 is 0 Å². The zero-order valence-electron chi connectivity index (χ0n) is 8.31. The van der Waals surface area contributed by atoms with Crippen molar-refractivity contribution in [3.8, 4) is 11.1 Å². The van der Waals surface area contributed by atoms with Crippen molar-refractivity contribution in [3.63, 3.8) is 0 Å². The Morgan fingerprint density at radius 2 is 2.19 bits per heavy atom. The van der Waals surface area contributed by atoms with E-state index in [4.69, 9.17) is 9.52 Å². The van der Waals surface area contributed by atoms with E-state index in [1.54, 1.807) is 30.7 Å². The predicted octanol–water partition coefficient (Wildman–Crippen LogP) is 3.54. The summed E-state index contributed by atoms with van der Waals surface area (Å²) in [4.78, 5) is 10.9. The molecule has 82 valence electrons. The van der Waals surface area contributed by atoms with Crippen LogP contribution in [0.4, 0.5) is 0 Å². The van der Waals surface area contributed by atoms with Gasteiger partial charge in [0.2, 0.25) is 0 Å². The average Bonchev–Trinajstić information content (AvgIpc) is 2.81. The van der Waals surface area contributed by atoms with E-state index < -0.39 is 5.97 Å². The third kappa shape index (κ3) is 2.02. The van der Waals surface area contributed by atoms with Crippen LogP contribution in [0.25, 0.3) is 11.1 Å². The summed E-state index contributed by atoms with van der Waals surface area (Å²) in [5.74, 6) is -0.925. The molecule has 0 amide bonds. The van der Waals surface area contributed by atoms with Gasteiger partial charge in [0.15, 0.2) is 0 Å². The molecule has 1 heterocycles. The van der Waals surface area contributed by atoms with Crippen molar-refractivity contribution >= 4 is 21.9 Å². The van der Waals surface area contributed by atoms with Crippen molar-refractivity contribution in [2.24, 2.45) is 0 Å². The van der Waals surface area contributed by atoms with Gasteiger partial charge in [0.1, 0.15) is 0 Å². The predicted molar refractivity (Wildman–Crippen MR) is 63.7 cm³/mol. The molecule has 2 rings (SSSR count). The maximum absolute atomic E-state index is 10.9. The van der Waals surface area contributed by atoms with Crippen LogP contribution in [-0.2, 0) is 5.33 Å². The molecular weight excluding hydrogens is 272 g/mol. The summed E-state index contributed by atoms with van der Waals surface area (Å²) in [5.41, 5.74) is 3.08. The topological polar surface area (TPSA) is 50.4 Å². The Bertz CT molecular complexity index is 503. The normalized spacial score (nSPS) is 10.3. The van der Waals surface area contributed by atoms with E-state index in [0.717, 1.165) is 16.7 Å². The number of carboxylic acids is 1. The van der Waals surface area contributed by atoms with E-state index >= 15 is 0 Å². The largest absolute Gasteiger partial charge is 0.478 e. The molecule has 1 aromatic carbocycles. The minimum atomic E-state index is -0.925. The van der Waals surface area contributed by atoms with Gasteiger partial charge in [-0.05, 0) is 29.3 Å². The van der Waals surface area contributed by atoms with Crippen LogP contribution in [0.3, 0.4) is 0 Å². The molecule has 0 atom stereocenters. The molecule has 0 aliphatic rings. The minimum Gasteiger partial charge on any atom is -0.478 e. The monoisotopic (exact) mass is 280 g/mol. The second kappa shape index (κ2) is 4.53. The van der Waals surface area contributed by atoms with E-state index in [2.05, 4.69) is 15.9 Å². The number of alkyl halides is 1. The molecule has 0 aliphatic heterocycles. The summed E-state index contributed by atoms with van der Waals surface area (Å²) in [6.45, 7) is 0. The van der Waals surface area contributed by atoms with Crippen molar-refractivity contribution < 1.29 is 14.3 Å². The Kier molecular flexibility index (Phi) is 3.10. The number of halogens is 1. The number of hydrogen-bond donors (Lipinski definition) is 1. The fraction of sp³-hybridized carbons (Fsp3) is 0.0833. The van der Waals surface area contributed by atoms with Crippen molar-refractivity contribution in [3.05, 3.63) is 47.9 Å². The molecule has 0 bridgehead atoms. The zero-order chi connectivity index (χ0) is 11.5. The van der Waals surface area contributed by atoms with Crippen molar-refractivity contribution in [1.29, 1.82) is 0 Å². The lowest BCUT2D eigenvalue weighted by molar-refractivity contribution is 0.0697. The van der Waals surface area contributed by atoms with Gasteiger partial charge in [0.25, 0.3) is 0 Å².